The minimum Gasteiger partial charge on any atom is -0.480 e. The Morgan fingerprint density at radius 1 is 1.47 bits per heavy atom. The molecule has 0 saturated carbocycles. The minimum atomic E-state index is -0.932. The van der Waals surface area contributed by atoms with E-state index in [-0.39, 0.29) is 12.2 Å². The molecule has 1 fully saturated rings. The van der Waals surface area contributed by atoms with Gasteiger partial charge in [0.2, 0.25) is 0 Å². The van der Waals surface area contributed by atoms with Gasteiger partial charge in [-0.3, -0.25) is 4.79 Å². The second-order valence-corrected chi connectivity index (χ2v) is 5.02. The Morgan fingerprint density at radius 2 is 2.21 bits per heavy atom. The summed E-state index contributed by atoms with van der Waals surface area (Å²) in [5, 5.41) is 8.78. The van der Waals surface area contributed by atoms with Crippen LogP contribution in [0.15, 0.2) is 23.8 Å². The summed E-state index contributed by atoms with van der Waals surface area (Å²) in [5.74, 6) is -0.701. The van der Waals surface area contributed by atoms with Gasteiger partial charge in [0, 0.05) is 6.42 Å². The SMILES string of the molecule is NC(CC1C=CC(CCC2OCCO2)=CC1)C(=O)O. The number of carboxylic acid groups (broad SMARTS) is 1. The summed E-state index contributed by atoms with van der Waals surface area (Å²) in [7, 11) is 0. The molecule has 1 aliphatic heterocycles. The summed E-state index contributed by atoms with van der Waals surface area (Å²) >= 11 is 0. The van der Waals surface area contributed by atoms with Crippen molar-refractivity contribution in [2.24, 2.45) is 11.7 Å². The Balaban J connectivity index is 1.71. The number of carboxylic acids is 1. The Kier molecular flexibility index (Phi) is 5.13. The maximum absolute atomic E-state index is 10.7. The molecule has 2 rings (SSSR count). The van der Waals surface area contributed by atoms with Crippen LogP contribution in [0.25, 0.3) is 0 Å². The highest BCUT2D eigenvalue weighted by Gasteiger charge is 2.19. The van der Waals surface area contributed by atoms with Crippen LogP contribution >= 0.6 is 0 Å². The average Bonchev–Trinajstić information content (AvgIpc) is 2.91. The van der Waals surface area contributed by atoms with Crippen LogP contribution in [0.2, 0.25) is 0 Å². The molecule has 0 amide bonds. The van der Waals surface area contributed by atoms with Gasteiger partial charge in [-0.05, 0) is 25.2 Å². The molecule has 3 N–H and O–H groups in total. The van der Waals surface area contributed by atoms with Crippen LogP contribution in [0.3, 0.4) is 0 Å². The van der Waals surface area contributed by atoms with E-state index in [2.05, 4.69) is 18.2 Å². The lowest BCUT2D eigenvalue weighted by molar-refractivity contribution is -0.138. The minimum absolute atomic E-state index is 0.0625. The number of rotatable bonds is 6. The second-order valence-electron chi connectivity index (χ2n) is 5.02. The van der Waals surface area contributed by atoms with Crippen molar-refractivity contribution in [3.8, 4) is 0 Å². The molecule has 0 aromatic rings. The first-order valence-electron chi connectivity index (χ1n) is 6.74. The van der Waals surface area contributed by atoms with Crippen LogP contribution in [-0.4, -0.2) is 36.6 Å². The average molecular weight is 267 g/mol. The van der Waals surface area contributed by atoms with E-state index in [1.807, 2.05) is 0 Å². The molecule has 5 heteroatoms. The van der Waals surface area contributed by atoms with Crippen LogP contribution in [-0.2, 0) is 14.3 Å². The highest BCUT2D eigenvalue weighted by molar-refractivity contribution is 5.73. The van der Waals surface area contributed by atoms with Gasteiger partial charge in [0.1, 0.15) is 6.04 Å². The maximum Gasteiger partial charge on any atom is 0.320 e. The Labute approximate surface area is 113 Å². The zero-order valence-electron chi connectivity index (χ0n) is 11.0. The summed E-state index contributed by atoms with van der Waals surface area (Å²) in [4.78, 5) is 10.7. The molecule has 19 heavy (non-hydrogen) atoms. The zero-order valence-corrected chi connectivity index (χ0v) is 11.0. The first-order chi connectivity index (χ1) is 9.15. The molecule has 0 radical (unpaired) electrons. The number of nitrogens with two attached hydrogens (primary N) is 1. The molecule has 0 aromatic heterocycles. The lowest BCUT2D eigenvalue weighted by Gasteiger charge is -2.18. The fourth-order valence-corrected chi connectivity index (χ4v) is 2.35. The van der Waals surface area contributed by atoms with Gasteiger partial charge in [0.25, 0.3) is 0 Å². The zero-order chi connectivity index (χ0) is 13.7. The van der Waals surface area contributed by atoms with E-state index in [4.69, 9.17) is 20.3 Å². The van der Waals surface area contributed by atoms with Gasteiger partial charge in [0.15, 0.2) is 6.29 Å². The third-order valence-electron chi connectivity index (χ3n) is 3.50. The van der Waals surface area contributed by atoms with Crippen molar-refractivity contribution in [3.63, 3.8) is 0 Å². The fourth-order valence-electron chi connectivity index (χ4n) is 2.35. The number of ether oxygens (including phenoxy) is 2. The van der Waals surface area contributed by atoms with Gasteiger partial charge >= 0.3 is 5.97 Å². The maximum atomic E-state index is 10.7. The van der Waals surface area contributed by atoms with Crippen molar-refractivity contribution < 1.29 is 19.4 Å². The van der Waals surface area contributed by atoms with Gasteiger partial charge in [-0.1, -0.05) is 23.8 Å². The van der Waals surface area contributed by atoms with Crippen molar-refractivity contribution in [2.75, 3.05) is 13.2 Å². The third-order valence-corrected chi connectivity index (χ3v) is 3.50. The summed E-state index contributed by atoms with van der Waals surface area (Å²) in [6.45, 7) is 1.38. The first-order valence-corrected chi connectivity index (χ1v) is 6.74. The van der Waals surface area contributed by atoms with E-state index < -0.39 is 12.0 Å². The van der Waals surface area contributed by atoms with E-state index >= 15 is 0 Å². The molecule has 2 aliphatic rings. The molecule has 1 heterocycles. The summed E-state index contributed by atoms with van der Waals surface area (Å²) in [6.07, 6.45) is 9.38. The van der Waals surface area contributed by atoms with Crippen LogP contribution in [0.1, 0.15) is 25.7 Å². The number of aliphatic carboxylic acids is 1. The van der Waals surface area contributed by atoms with E-state index in [9.17, 15) is 4.79 Å². The van der Waals surface area contributed by atoms with E-state index in [0.717, 1.165) is 19.3 Å². The lowest BCUT2D eigenvalue weighted by atomic mass is 9.90. The van der Waals surface area contributed by atoms with Crippen LogP contribution in [0.4, 0.5) is 0 Å². The predicted octanol–water partition coefficient (Wildman–Crippen LogP) is 1.44. The number of carbonyl (C=O) groups is 1. The summed E-state index contributed by atoms with van der Waals surface area (Å²) < 4.78 is 10.8. The quantitative estimate of drug-likeness (QED) is 0.761. The first kappa shape index (κ1) is 14.2. The highest BCUT2D eigenvalue weighted by Crippen LogP contribution is 2.24. The smallest absolute Gasteiger partial charge is 0.320 e. The topological polar surface area (TPSA) is 81.8 Å². The molecule has 0 spiro atoms. The Bertz CT molecular complexity index is 372. The molecule has 1 saturated heterocycles. The lowest BCUT2D eigenvalue weighted by Crippen LogP contribution is -2.32. The predicted molar refractivity (Wildman–Crippen MR) is 70.5 cm³/mol. The molecule has 2 unspecified atom stereocenters. The van der Waals surface area contributed by atoms with Crippen LogP contribution in [0, 0.1) is 5.92 Å². The van der Waals surface area contributed by atoms with Gasteiger partial charge < -0.3 is 20.3 Å². The largest absolute Gasteiger partial charge is 0.480 e. The normalized spacial score (nSPS) is 25.3. The van der Waals surface area contributed by atoms with Crippen LogP contribution < -0.4 is 5.73 Å². The second kappa shape index (κ2) is 6.84. The van der Waals surface area contributed by atoms with Gasteiger partial charge in [-0.15, -0.1) is 0 Å². The molecule has 0 bridgehead atoms. The molecule has 5 nitrogen and oxygen atoms in total. The molecule has 0 aromatic carbocycles. The van der Waals surface area contributed by atoms with E-state index in [1.54, 1.807) is 0 Å². The Hall–Kier alpha value is -1.17. The molecule has 2 atom stereocenters. The number of allylic oxidation sites excluding steroid dienone is 4. The highest BCUT2D eigenvalue weighted by atomic mass is 16.7. The van der Waals surface area contributed by atoms with Crippen molar-refractivity contribution in [1.82, 2.24) is 0 Å². The van der Waals surface area contributed by atoms with E-state index in [1.165, 1.54) is 5.57 Å². The molecular formula is C14H21NO4. The van der Waals surface area contributed by atoms with Crippen molar-refractivity contribution in [2.45, 2.75) is 38.0 Å². The number of hydrogen-bond acceptors (Lipinski definition) is 4. The van der Waals surface area contributed by atoms with Crippen LogP contribution in [0.5, 0.6) is 0 Å². The summed E-state index contributed by atoms with van der Waals surface area (Å²) in [5.41, 5.74) is 6.80. The molecular weight excluding hydrogens is 246 g/mol. The third kappa shape index (κ3) is 4.45. The van der Waals surface area contributed by atoms with Crippen molar-refractivity contribution >= 4 is 5.97 Å². The van der Waals surface area contributed by atoms with Gasteiger partial charge in [-0.25, -0.2) is 0 Å². The fraction of sp³-hybridized carbons (Fsp3) is 0.643. The van der Waals surface area contributed by atoms with Crippen molar-refractivity contribution in [3.05, 3.63) is 23.8 Å². The molecule has 106 valence electrons. The van der Waals surface area contributed by atoms with Crippen molar-refractivity contribution in [1.29, 1.82) is 0 Å². The monoisotopic (exact) mass is 267 g/mol. The van der Waals surface area contributed by atoms with Gasteiger partial charge in [0.05, 0.1) is 13.2 Å². The summed E-state index contributed by atoms with van der Waals surface area (Å²) in [6, 6.07) is -0.773. The number of hydrogen-bond donors (Lipinski definition) is 2. The van der Waals surface area contributed by atoms with E-state index in [0.29, 0.717) is 19.6 Å². The molecule has 1 aliphatic carbocycles. The van der Waals surface area contributed by atoms with Gasteiger partial charge in [-0.2, -0.15) is 0 Å². The Morgan fingerprint density at radius 3 is 2.79 bits per heavy atom. The standard InChI is InChI=1S/C14H21NO4/c15-12(14(16)17)9-11-3-1-10(2-4-11)5-6-13-18-7-8-19-13/h1-3,11-13H,4-9,15H2,(H,16,17).